The van der Waals surface area contributed by atoms with E-state index in [9.17, 15) is 4.79 Å². The molecule has 0 spiro atoms. The molecule has 0 bridgehead atoms. The Morgan fingerprint density at radius 1 is 1.47 bits per heavy atom. The third kappa shape index (κ3) is 2.65. The average molecular weight is 231 g/mol. The number of amides is 1. The van der Waals surface area contributed by atoms with Gasteiger partial charge in [0.05, 0.1) is 0 Å². The van der Waals surface area contributed by atoms with E-state index in [2.05, 4.69) is 10.3 Å². The summed E-state index contributed by atoms with van der Waals surface area (Å²) in [6, 6.07) is 7.56. The summed E-state index contributed by atoms with van der Waals surface area (Å²) in [6.07, 6.45) is 2.72. The maximum absolute atomic E-state index is 11.9. The first kappa shape index (κ1) is 11.7. The lowest BCUT2D eigenvalue weighted by Gasteiger charge is -2.10. The summed E-state index contributed by atoms with van der Waals surface area (Å²) in [5, 5.41) is 3.87. The Balaban J connectivity index is 2.08. The van der Waals surface area contributed by atoms with Crippen LogP contribution in [0.1, 0.15) is 23.7 Å². The minimum atomic E-state index is -0.0722. The van der Waals surface area contributed by atoms with Crippen molar-refractivity contribution in [3.63, 3.8) is 0 Å². The van der Waals surface area contributed by atoms with Crippen LogP contribution >= 0.6 is 0 Å². The summed E-state index contributed by atoms with van der Waals surface area (Å²) in [7, 11) is 0. The number of aromatic amines is 1. The molecule has 0 saturated carbocycles. The Kier molecular flexibility index (Phi) is 3.44. The van der Waals surface area contributed by atoms with E-state index in [0.717, 1.165) is 17.3 Å². The van der Waals surface area contributed by atoms with Crippen LogP contribution in [0, 0.1) is 0 Å². The van der Waals surface area contributed by atoms with Crippen molar-refractivity contribution in [3.8, 4) is 0 Å². The van der Waals surface area contributed by atoms with Gasteiger partial charge in [-0.2, -0.15) is 0 Å². The number of hydrogen-bond donors (Lipinski definition) is 3. The van der Waals surface area contributed by atoms with Crippen molar-refractivity contribution in [1.82, 2.24) is 10.3 Å². The third-order valence-corrected chi connectivity index (χ3v) is 2.86. The Morgan fingerprint density at radius 3 is 3.06 bits per heavy atom. The van der Waals surface area contributed by atoms with E-state index in [0.29, 0.717) is 12.1 Å². The molecule has 1 aromatic carbocycles. The molecule has 2 rings (SSSR count). The molecule has 1 aromatic heterocycles. The van der Waals surface area contributed by atoms with Gasteiger partial charge in [0.1, 0.15) is 0 Å². The van der Waals surface area contributed by atoms with Gasteiger partial charge in [0, 0.05) is 35.2 Å². The second-order valence-electron chi connectivity index (χ2n) is 4.16. The van der Waals surface area contributed by atoms with Crippen molar-refractivity contribution in [2.45, 2.75) is 19.4 Å². The molecule has 0 fully saturated rings. The largest absolute Gasteiger partial charge is 0.361 e. The normalized spacial score (nSPS) is 12.6. The predicted molar refractivity (Wildman–Crippen MR) is 68.9 cm³/mol. The molecule has 4 nitrogen and oxygen atoms in total. The maximum Gasteiger partial charge on any atom is 0.251 e. The Morgan fingerprint density at radius 2 is 2.29 bits per heavy atom. The highest BCUT2D eigenvalue weighted by molar-refractivity contribution is 5.98. The first-order valence-electron chi connectivity index (χ1n) is 5.81. The zero-order valence-electron chi connectivity index (χ0n) is 9.86. The monoisotopic (exact) mass is 231 g/mol. The molecule has 1 heterocycles. The lowest BCUT2D eigenvalue weighted by molar-refractivity contribution is 0.0951. The SMILES string of the molecule is CCC(N)CNC(=O)c1ccc2[nH]ccc2c1. The number of rotatable bonds is 4. The van der Waals surface area contributed by atoms with Gasteiger partial charge in [-0.1, -0.05) is 6.92 Å². The van der Waals surface area contributed by atoms with E-state index in [1.54, 1.807) is 0 Å². The van der Waals surface area contributed by atoms with Crippen LogP contribution in [-0.4, -0.2) is 23.5 Å². The van der Waals surface area contributed by atoms with Crippen LogP contribution in [0.4, 0.5) is 0 Å². The fourth-order valence-corrected chi connectivity index (χ4v) is 1.66. The summed E-state index contributed by atoms with van der Waals surface area (Å²) >= 11 is 0. The third-order valence-electron chi connectivity index (χ3n) is 2.86. The average Bonchev–Trinajstić information content (AvgIpc) is 2.82. The van der Waals surface area contributed by atoms with Crippen molar-refractivity contribution in [3.05, 3.63) is 36.0 Å². The zero-order valence-corrected chi connectivity index (χ0v) is 9.86. The fraction of sp³-hybridized carbons (Fsp3) is 0.308. The Bertz CT molecular complexity index is 518. The summed E-state index contributed by atoms with van der Waals surface area (Å²) in [4.78, 5) is 14.9. The van der Waals surface area contributed by atoms with Gasteiger partial charge >= 0.3 is 0 Å². The number of hydrogen-bond acceptors (Lipinski definition) is 2. The minimum absolute atomic E-state index is 0.0231. The van der Waals surface area contributed by atoms with Crippen molar-refractivity contribution in [1.29, 1.82) is 0 Å². The molecule has 4 heteroatoms. The van der Waals surface area contributed by atoms with E-state index in [1.807, 2.05) is 37.4 Å². The lowest BCUT2D eigenvalue weighted by atomic mass is 10.1. The summed E-state index contributed by atoms with van der Waals surface area (Å²) in [5.41, 5.74) is 7.45. The molecule has 0 aliphatic rings. The number of carbonyl (C=O) groups excluding carboxylic acids is 1. The lowest BCUT2D eigenvalue weighted by Crippen LogP contribution is -2.36. The highest BCUT2D eigenvalue weighted by Gasteiger charge is 2.07. The number of nitrogens with two attached hydrogens (primary N) is 1. The second kappa shape index (κ2) is 5.01. The van der Waals surface area contributed by atoms with Crippen LogP contribution in [0.3, 0.4) is 0 Å². The number of fused-ring (bicyclic) bond motifs is 1. The number of benzene rings is 1. The maximum atomic E-state index is 11.9. The van der Waals surface area contributed by atoms with Gasteiger partial charge < -0.3 is 16.0 Å². The van der Waals surface area contributed by atoms with Gasteiger partial charge in [0.15, 0.2) is 0 Å². The molecule has 1 unspecified atom stereocenters. The molecule has 0 radical (unpaired) electrons. The van der Waals surface area contributed by atoms with Crippen molar-refractivity contribution in [2.24, 2.45) is 5.73 Å². The van der Waals surface area contributed by atoms with Crippen molar-refractivity contribution >= 4 is 16.8 Å². The molecule has 90 valence electrons. The number of aromatic nitrogens is 1. The second-order valence-corrected chi connectivity index (χ2v) is 4.16. The number of H-pyrrole nitrogens is 1. The Hall–Kier alpha value is -1.81. The number of nitrogens with one attached hydrogen (secondary N) is 2. The molecular formula is C13H17N3O. The van der Waals surface area contributed by atoms with Crippen LogP contribution in [0.5, 0.6) is 0 Å². The molecule has 17 heavy (non-hydrogen) atoms. The van der Waals surface area contributed by atoms with E-state index < -0.39 is 0 Å². The molecule has 1 atom stereocenters. The van der Waals surface area contributed by atoms with E-state index >= 15 is 0 Å². The smallest absolute Gasteiger partial charge is 0.251 e. The molecule has 4 N–H and O–H groups in total. The molecule has 0 aliphatic carbocycles. The summed E-state index contributed by atoms with van der Waals surface area (Å²) in [6.45, 7) is 2.52. The van der Waals surface area contributed by atoms with E-state index in [4.69, 9.17) is 5.73 Å². The van der Waals surface area contributed by atoms with Crippen LogP contribution in [-0.2, 0) is 0 Å². The van der Waals surface area contributed by atoms with Gasteiger partial charge in [-0.05, 0) is 30.7 Å². The molecule has 0 saturated heterocycles. The first-order chi connectivity index (χ1) is 8.20. The van der Waals surface area contributed by atoms with Gasteiger partial charge in [-0.25, -0.2) is 0 Å². The molecule has 0 aliphatic heterocycles. The van der Waals surface area contributed by atoms with Crippen LogP contribution < -0.4 is 11.1 Å². The van der Waals surface area contributed by atoms with Gasteiger partial charge in [0.25, 0.3) is 5.91 Å². The molecule has 2 aromatic rings. The quantitative estimate of drug-likeness (QED) is 0.748. The number of carbonyl (C=O) groups is 1. The molecular weight excluding hydrogens is 214 g/mol. The van der Waals surface area contributed by atoms with Crippen LogP contribution in [0.2, 0.25) is 0 Å². The first-order valence-corrected chi connectivity index (χ1v) is 5.81. The van der Waals surface area contributed by atoms with E-state index in [-0.39, 0.29) is 11.9 Å². The summed E-state index contributed by atoms with van der Waals surface area (Å²) < 4.78 is 0. The van der Waals surface area contributed by atoms with Gasteiger partial charge in [0.2, 0.25) is 0 Å². The minimum Gasteiger partial charge on any atom is -0.361 e. The van der Waals surface area contributed by atoms with Crippen molar-refractivity contribution in [2.75, 3.05) is 6.54 Å². The summed E-state index contributed by atoms with van der Waals surface area (Å²) in [5.74, 6) is -0.0722. The van der Waals surface area contributed by atoms with Crippen molar-refractivity contribution < 1.29 is 4.79 Å². The standard InChI is InChI=1S/C13H17N3O/c1-2-11(14)8-16-13(17)10-3-4-12-9(7-10)5-6-15-12/h3-7,11,15H,2,8,14H2,1H3,(H,16,17). The highest BCUT2D eigenvalue weighted by Crippen LogP contribution is 2.14. The van der Waals surface area contributed by atoms with Gasteiger partial charge in [-0.15, -0.1) is 0 Å². The molecule has 1 amide bonds. The van der Waals surface area contributed by atoms with E-state index in [1.165, 1.54) is 0 Å². The fourth-order valence-electron chi connectivity index (χ4n) is 1.66. The van der Waals surface area contributed by atoms with Crippen LogP contribution in [0.15, 0.2) is 30.5 Å². The van der Waals surface area contributed by atoms with Crippen LogP contribution in [0.25, 0.3) is 10.9 Å². The van der Waals surface area contributed by atoms with Gasteiger partial charge in [-0.3, -0.25) is 4.79 Å². The predicted octanol–water partition coefficient (Wildman–Crippen LogP) is 1.63. The zero-order chi connectivity index (χ0) is 12.3. The topological polar surface area (TPSA) is 70.9 Å². The Labute approximate surface area is 100 Å². The highest BCUT2D eigenvalue weighted by atomic mass is 16.1.